The summed E-state index contributed by atoms with van der Waals surface area (Å²) in [4.78, 5) is 11.8. The summed E-state index contributed by atoms with van der Waals surface area (Å²) < 4.78 is 49.6. The molecule has 3 rings (SSSR count). The molecule has 0 bridgehead atoms. The van der Waals surface area contributed by atoms with Crippen LogP contribution in [-0.2, 0) is 9.84 Å². The number of aromatic nitrogens is 2. The van der Waals surface area contributed by atoms with Gasteiger partial charge in [-0.2, -0.15) is 13.9 Å². The van der Waals surface area contributed by atoms with Gasteiger partial charge in [-0.05, 0) is 49.9 Å². The monoisotopic (exact) mass is 369 g/mol. The van der Waals surface area contributed by atoms with Crippen LogP contribution in [0.25, 0.3) is 0 Å². The average molecular weight is 369 g/mol. The van der Waals surface area contributed by atoms with Crippen LogP contribution in [0.5, 0.6) is 0 Å². The van der Waals surface area contributed by atoms with Crippen molar-refractivity contribution >= 4 is 21.6 Å². The molecular weight excluding hydrogens is 352 g/mol. The Bertz CT molecular complexity index is 874. The van der Waals surface area contributed by atoms with E-state index in [-0.39, 0.29) is 11.6 Å². The third-order valence-corrected chi connectivity index (χ3v) is 5.68. The van der Waals surface area contributed by atoms with E-state index in [1.165, 1.54) is 12.1 Å². The van der Waals surface area contributed by atoms with Gasteiger partial charge in [-0.1, -0.05) is 0 Å². The van der Waals surface area contributed by atoms with Gasteiger partial charge in [0, 0.05) is 11.6 Å². The Labute approximate surface area is 143 Å². The first-order valence-corrected chi connectivity index (χ1v) is 9.32. The van der Waals surface area contributed by atoms with Crippen molar-refractivity contribution in [2.45, 2.75) is 36.5 Å². The van der Waals surface area contributed by atoms with Crippen molar-refractivity contribution in [3.8, 4) is 0 Å². The first-order chi connectivity index (χ1) is 11.8. The number of benzene rings is 1. The number of alkyl halides is 2. The zero-order valence-electron chi connectivity index (χ0n) is 13.4. The number of carbonyl (C=O) groups is 1. The molecule has 134 valence electrons. The van der Waals surface area contributed by atoms with Gasteiger partial charge in [0.1, 0.15) is 5.82 Å². The minimum atomic E-state index is -4.67. The van der Waals surface area contributed by atoms with E-state index in [9.17, 15) is 22.0 Å². The van der Waals surface area contributed by atoms with Crippen molar-refractivity contribution < 1.29 is 22.0 Å². The van der Waals surface area contributed by atoms with Crippen LogP contribution in [0, 0.1) is 5.92 Å². The number of hydrogen-bond donors (Lipinski definition) is 1. The molecule has 1 fully saturated rings. The van der Waals surface area contributed by atoms with E-state index in [4.69, 9.17) is 0 Å². The topological polar surface area (TPSA) is 81.1 Å². The number of hydrogen-bond acceptors (Lipinski definition) is 4. The number of sulfone groups is 1. The van der Waals surface area contributed by atoms with Gasteiger partial charge in [0.2, 0.25) is 9.84 Å². The fraction of sp³-hybridized carbons (Fsp3) is 0.375. The van der Waals surface area contributed by atoms with Crippen molar-refractivity contribution in [1.82, 2.24) is 9.78 Å². The highest BCUT2D eigenvalue weighted by molar-refractivity contribution is 7.91. The second-order valence-electron chi connectivity index (χ2n) is 6.02. The minimum Gasteiger partial charge on any atom is -0.307 e. The van der Waals surface area contributed by atoms with E-state index in [1.54, 1.807) is 16.9 Å². The van der Waals surface area contributed by atoms with E-state index in [0.29, 0.717) is 11.7 Å². The van der Waals surface area contributed by atoms with E-state index in [1.807, 2.05) is 6.92 Å². The minimum absolute atomic E-state index is 0.167. The van der Waals surface area contributed by atoms with Gasteiger partial charge in [0.05, 0.1) is 17.1 Å². The third kappa shape index (κ3) is 3.55. The molecule has 1 aliphatic rings. The normalized spacial score (nSPS) is 16.0. The Kier molecular flexibility index (Phi) is 4.59. The highest BCUT2D eigenvalue weighted by atomic mass is 32.2. The molecule has 1 atom stereocenters. The quantitative estimate of drug-likeness (QED) is 0.848. The van der Waals surface area contributed by atoms with Gasteiger partial charge in [0.25, 0.3) is 5.91 Å². The summed E-state index contributed by atoms with van der Waals surface area (Å²) >= 11 is 0. The molecule has 0 spiro atoms. The number of rotatable bonds is 6. The Hall–Kier alpha value is -2.29. The fourth-order valence-electron chi connectivity index (χ4n) is 2.60. The lowest BCUT2D eigenvalue weighted by molar-refractivity contribution is 0.102. The van der Waals surface area contributed by atoms with E-state index in [0.717, 1.165) is 25.0 Å². The molecule has 6 nitrogen and oxygen atoms in total. The number of halogens is 2. The summed E-state index contributed by atoms with van der Waals surface area (Å²) in [6.45, 7) is 2.03. The van der Waals surface area contributed by atoms with Crippen molar-refractivity contribution in [3.63, 3.8) is 0 Å². The van der Waals surface area contributed by atoms with E-state index in [2.05, 4.69) is 10.4 Å². The van der Waals surface area contributed by atoms with Gasteiger partial charge in [-0.3, -0.25) is 4.79 Å². The van der Waals surface area contributed by atoms with Gasteiger partial charge >= 0.3 is 5.76 Å². The van der Waals surface area contributed by atoms with Crippen LogP contribution in [0.4, 0.5) is 14.6 Å². The zero-order valence-corrected chi connectivity index (χ0v) is 14.2. The largest absolute Gasteiger partial charge is 0.341 e. The van der Waals surface area contributed by atoms with Crippen LogP contribution in [-0.4, -0.2) is 29.9 Å². The smallest absolute Gasteiger partial charge is 0.307 e. The predicted molar refractivity (Wildman–Crippen MR) is 87.2 cm³/mol. The number of carbonyl (C=O) groups excluding carboxylic acids is 1. The standard InChI is InChI=1S/C16H17F2N3O3S/c1-10(11-2-3-11)21-14(8-9-19-21)20-15(22)12-4-6-13(7-5-12)25(23,24)16(17)18/h4-11,16H,2-3H2,1H3,(H,20,22). The van der Waals surface area contributed by atoms with Crippen LogP contribution < -0.4 is 5.32 Å². The molecule has 1 aliphatic carbocycles. The molecule has 1 heterocycles. The van der Waals surface area contributed by atoms with Gasteiger partial charge in [0.15, 0.2) is 0 Å². The maximum absolute atomic E-state index is 12.5. The van der Waals surface area contributed by atoms with Gasteiger partial charge in [-0.15, -0.1) is 0 Å². The average Bonchev–Trinajstić information content (AvgIpc) is 3.34. The Balaban J connectivity index is 1.75. The van der Waals surface area contributed by atoms with E-state index < -0.39 is 26.4 Å². The van der Waals surface area contributed by atoms with Crippen LogP contribution in [0.15, 0.2) is 41.4 Å². The molecule has 1 saturated carbocycles. The summed E-state index contributed by atoms with van der Waals surface area (Å²) in [7, 11) is -4.67. The Morgan fingerprint density at radius 1 is 1.24 bits per heavy atom. The van der Waals surface area contributed by atoms with Crippen LogP contribution in [0.2, 0.25) is 0 Å². The van der Waals surface area contributed by atoms with Crippen molar-refractivity contribution in [1.29, 1.82) is 0 Å². The van der Waals surface area contributed by atoms with Crippen molar-refractivity contribution in [3.05, 3.63) is 42.1 Å². The molecule has 1 aromatic heterocycles. The lowest BCUT2D eigenvalue weighted by Gasteiger charge is -2.15. The number of nitrogens with zero attached hydrogens (tertiary/aromatic N) is 2. The molecular formula is C16H17F2N3O3S. The first-order valence-electron chi connectivity index (χ1n) is 7.77. The summed E-state index contributed by atoms with van der Waals surface area (Å²) in [5.41, 5.74) is 0.167. The van der Waals surface area contributed by atoms with E-state index >= 15 is 0 Å². The summed E-state index contributed by atoms with van der Waals surface area (Å²) in [6, 6.07) is 6.25. The second-order valence-corrected chi connectivity index (χ2v) is 7.94. The molecule has 2 aromatic rings. The maximum atomic E-state index is 12.5. The molecule has 1 aromatic carbocycles. The van der Waals surface area contributed by atoms with Crippen LogP contribution >= 0.6 is 0 Å². The molecule has 0 aliphatic heterocycles. The molecule has 0 saturated heterocycles. The summed E-state index contributed by atoms with van der Waals surface area (Å²) in [6.07, 6.45) is 3.86. The lowest BCUT2D eigenvalue weighted by atomic mass is 10.2. The molecule has 25 heavy (non-hydrogen) atoms. The number of nitrogens with one attached hydrogen (secondary N) is 1. The number of anilines is 1. The highest BCUT2D eigenvalue weighted by Crippen LogP contribution is 2.40. The maximum Gasteiger partial charge on any atom is 0.341 e. The zero-order chi connectivity index (χ0) is 18.2. The van der Waals surface area contributed by atoms with Crippen molar-refractivity contribution in [2.24, 2.45) is 5.92 Å². The highest BCUT2D eigenvalue weighted by Gasteiger charge is 2.31. The fourth-order valence-corrected chi connectivity index (χ4v) is 3.32. The van der Waals surface area contributed by atoms with Gasteiger partial charge < -0.3 is 5.32 Å². The molecule has 9 heteroatoms. The second kappa shape index (κ2) is 6.55. The van der Waals surface area contributed by atoms with Crippen LogP contribution in [0.1, 0.15) is 36.2 Å². The first kappa shape index (κ1) is 17.5. The predicted octanol–water partition coefficient (Wildman–Crippen LogP) is 3.10. The van der Waals surface area contributed by atoms with Crippen LogP contribution in [0.3, 0.4) is 0 Å². The molecule has 1 amide bonds. The van der Waals surface area contributed by atoms with Gasteiger partial charge in [-0.25, -0.2) is 13.1 Å². The molecule has 1 unspecified atom stereocenters. The molecule has 0 radical (unpaired) electrons. The molecule has 1 N–H and O–H groups in total. The number of amides is 1. The summed E-state index contributed by atoms with van der Waals surface area (Å²) in [5, 5.41) is 6.94. The third-order valence-electron chi connectivity index (χ3n) is 4.28. The lowest BCUT2D eigenvalue weighted by Crippen LogP contribution is -2.18. The summed E-state index contributed by atoms with van der Waals surface area (Å²) in [5.74, 6) is -2.88. The van der Waals surface area contributed by atoms with Crippen molar-refractivity contribution in [2.75, 3.05) is 5.32 Å². The Morgan fingerprint density at radius 2 is 1.88 bits per heavy atom. The Morgan fingerprint density at radius 3 is 2.44 bits per heavy atom. The SMILES string of the molecule is CC(C1CC1)n1nccc1NC(=O)c1ccc(S(=O)(=O)C(F)F)cc1.